The Labute approximate surface area is 188 Å². The molecule has 7 heteroatoms. The Balaban J connectivity index is 1.63. The number of morpholine rings is 1. The Morgan fingerprint density at radius 1 is 1.06 bits per heavy atom. The molecule has 2 aliphatic heterocycles. The molecule has 2 saturated heterocycles. The summed E-state index contributed by atoms with van der Waals surface area (Å²) in [6.45, 7) is 6.17. The predicted octanol–water partition coefficient (Wildman–Crippen LogP) is 3.25. The van der Waals surface area contributed by atoms with Crippen LogP contribution in [0.2, 0.25) is 0 Å². The fourth-order valence-electron chi connectivity index (χ4n) is 4.51. The highest BCUT2D eigenvalue weighted by molar-refractivity contribution is 5.97. The fraction of sp³-hybridized carbons (Fsp3) is 0.480. The number of hydrogen-bond donors (Lipinski definition) is 0. The van der Waals surface area contributed by atoms with Crippen LogP contribution in [0.15, 0.2) is 42.5 Å². The summed E-state index contributed by atoms with van der Waals surface area (Å²) in [5.41, 5.74) is 0.991. The molecule has 32 heavy (non-hydrogen) atoms. The highest BCUT2D eigenvalue weighted by Crippen LogP contribution is 2.28. The lowest BCUT2D eigenvalue weighted by Gasteiger charge is -2.30. The largest absolute Gasteiger partial charge is 0.447 e. The molecular formula is C25H30N2O5. The normalized spacial score (nSPS) is 20.0. The van der Waals surface area contributed by atoms with Gasteiger partial charge in [0.1, 0.15) is 6.61 Å². The van der Waals surface area contributed by atoms with E-state index in [1.165, 1.54) is 4.90 Å². The van der Waals surface area contributed by atoms with E-state index in [0.29, 0.717) is 32.7 Å². The standard InChI is InChI=1S/C25H30N2O5/c1-17(2)22-16-32-25(30)27(22)24(29)20(15-23(28)26-10-12-31-13-11-26)14-19-8-5-7-18-6-3-4-9-21(18)19/h3-9,17,20,22H,10-16H2,1-2H3. The zero-order valence-electron chi connectivity index (χ0n) is 18.7. The average molecular weight is 439 g/mol. The predicted molar refractivity (Wildman–Crippen MR) is 120 cm³/mol. The highest BCUT2D eigenvalue weighted by Gasteiger charge is 2.43. The number of imide groups is 1. The number of carbonyl (C=O) groups excluding carboxylic acids is 3. The van der Waals surface area contributed by atoms with Crippen molar-refractivity contribution in [3.8, 4) is 0 Å². The molecule has 2 unspecified atom stereocenters. The van der Waals surface area contributed by atoms with Crippen LogP contribution < -0.4 is 0 Å². The number of nitrogens with zero attached hydrogens (tertiary/aromatic N) is 2. The van der Waals surface area contributed by atoms with Crippen LogP contribution in [0.25, 0.3) is 10.8 Å². The molecule has 2 aliphatic rings. The van der Waals surface area contributed by atoms with Gasteiger partial charge in [-0.1, -0.05) is 56.3 Å². The monoisotopic (exact) mass is 438 g/mol. The van der Waals surface area contributed by atoms with Gasteiger partial charge in [-0.3, -0.25) is 9.59 Å². The van der Waals surface area contributed by atoms with Gasteiger partial charge >= 0.3 is 6.09 Å². The van der Waals surface area contributed by atoms with E-state index in [9.17, 15) is 14.4 Å². The third-order valence-corrected chi connectivity index (χ3v) is 6.39. The average Bonchev–Trinajstić information content (AvgIpc) is 3.20. The number of fused-ring (bicyclic) bond motifs is 1. The second-order valence-electron chi connectivity index (χ2n) is 8.83. The first-order chi connectivity index (χ1) is 15.5. The van der Waals surface area contributed by atoms with E-state index in [0.717, 1.165) is 16.3 Å². The van der Waals surface area contributed by atoms with Crippen LogP contribution in [0.5, 0.6) is 0 Å². The minimum absolute atomic E-state index is 0.0522. The van der Waals surface area contributed by atoms with Gasteiger partial charge in [0.25, 0.3) is 0 Å². The van der Waals surface area contributed by atoms with Crippen LogP contribution in [0.3, 0.4) is 0 Å². The van der Waals surface area contributed by atoms with Gasteiger partial charge < -0.3 is 14.4 Å². The lowest BCUT2D eigenvalue weighted by molar-refractivity contribution is -0.142. The topological polar surface area (TPSA) is 76.2 Å². The zero-order chi connectivity index (χ0) is 22.7. The molecule has 0 radical (unpaired) electrons. The Kier molecular flexibility index (Phi) is 6.74. The molecule has 4 rings (SSSR count). The summed E-state index contributed by atoms with van der Waals surface area (Å²) in [5.74, 6) is -0.997. The number of ether oxygens (including phenoxy) is 2. The van der Waals surface area contributed by atoms with Gasteiger partial charge in [0, 0.05) is 19.5 Å². The lowest BCUT2D eigenvalue weighted by atomic mass is 9.90. The van der Waals surface area contributed by atoms with Crippen LogP contribution in [0.4, 0.5) is 4.79 Å². The third kappa shape index (κ3) is 4.63. The maximum atomic E-state index is 13.7. The maximum absolute atomic E-state index is 13.7. The first-order valence-corrected chi connectivity index (χ1v) is 11.3. The Hall–Kier alpha value is -2.93. The second kappa shape index (κ2) is 9.69. The lowest BCUT2D eigenvalue weighted by Crippen LogP contribution is -2.47. The van der Waals surface area contributed by atoms with Gasteiger partial charge in [-0.25, -0.2) is 9.69 Å². The molecule has 0 N–H and O–H groups in total. The van der Waals surface area contributed by atoms with Crippen LogP contribution in [0, 0.1) is 11.8 Å². The van der Waals surface area contributed by atoms with Crippen LogP contribution in [-0.4, -0.2) is 66.7 Å². The van der Waals surface area contributed by atoms with E-state index in [-0.39, 0.29) is 36.8 Å². The molecule has 2 aromatic carbocycles. The number of rotatable bonds is 6. The van der Waals surface area contributed by atoms with Crippen molar-refractivity contribution in [3.63, 3.8) is 0 Å². The summed E-state index contributed by atoms with van der Waals surface area (Å²) in [6.07, 6.45) is -0.183. The molecule has 2 fully saturated rings. The Morgan fingerprint density at radius 2 is 1.78 bits per heavy atom. The maximum Gasteiger partial charge on any atom is 0.416 e. The summed E-state index contributed by atoms with van der Waals surface area (Å²) in [7, 11) is 0. The minimum atomic E-state index is -0.650. The second-order valence-corrected chi connectivity index (χ2v) is 8.83. The van der Waals surface area contributed by atoms with Gasteiger partial charge in [0.2, 0.25) is 11.8 Å². The molecule has 0 spiro atoms. The van der Waals surface area contributed by atoms with Gasteiger partial charge in [0.15, 0.2) is 0 Å². The molecule has 0 aliphatic carbocycles. The van der Waals surface area contributed by atoms with Crippen LogP contribution in [0.1, 0.15) is 25.8 Å². The smallest absolute Gasteiger partial charge is 0.416 e. The molecule has 3 amide bonds. The first kappa shape index (κ1) is 22.3. The summed E-state index contributed by atoms with van der Waals surface area (Å²) >= 11 is 0. The van der Waals surface area contributed by atoms with Crippen molar-refractivity contribution in [1.29, 1.82) is 0 Å². The molecule has 7 nitrogen and oxygen atoms in total. The van der Waals surface area contributed by atoms with Crippen LogP contribution in [-0.2, 0) is 25.5 Å². The summed E-state index contributed by atoms with van der Waals surface area (Å²) < 4.78 is 10.6. The molecule has 170 valence electrons. The molecule has 2 atom stereocenters. The third-order valence-electron chi connectivity index (χ3n) is 6.39. The number of carbonyl (C=O) groups is 3. The quantitative estimate of drug-likeness (QED) is 0.692. The van der Waals surface area contributed by atoms with E-state index >= 15 is 0 Å². The zero-order valence-corrected chi connectivity index (χ0v) is 18.7. The summed E-state index contributed by atoms with van der Waals surface area (Å²) in [5, 5.41) is 2.13. The Morgan fingerprint density at radius 3 is 2.53 bits per heavy atom. The molecule has 2 aromatic rings. The van der Waals surface area contributed by atoms with E-state index in [2.05, 4.69) is 0 Å². The van der Waals surface area contributed by atoms with Gasteiger partial charge in [-0.2, -0.15) is 0 Å². The van der Waals surface area contributed by atoms with Crippen molar-refractivity contribution in [1.82, 2.24) is 9.80 Å². The summed E-state index contributed by atoms with van der Waals surface area (Å²) in [6, 6.07) is 13.7. The minimum Gasteiger partial charge on any atom is -0.447 e. The van der Waals surface area contributed by atoms with E-state index in [1.807, 2.05) is 56.3 Å². The van der Waals surface area contributed by atoms with Gasteiger partial charge in [-0.15, -0.1) is 0 Å². The van der Waals surface area contributed by atoms with E-state index < -0.39 is 12.0 Å². The van der Waals surface area contributed by atoms with Crippen molar-refractivity contribution < 1.29 is 23.9 Å². The van der Waals surface area contributed by atoms with Crippen molar-refractivity contribution in [2.24, 2.45) is 11.8 Å². The SMILES string of the molecule is CC(C)C1COC(=O)N1C(=O)C(CC(=O)N1CCOCC1)Cc1cccc2ccccc12. The molecule has 0 bridgehead atoms. The van der Waals surface area contributed by atoms with Crippen molar-refractivity contribution >= 4 is 28.7 Å². The fourth-order valence-corrected chi connectivity index (χ4v) is 4.51. The molecule has 0 aromatic heterocycles. The van der Waals surface area contributed by atoms with Crippen molar-refractivity contribution in [2.75, 3.05) is 32.9 Å². The summed E-state index contributed by atoms with van der Waals surface area (Å²) in [4.78, 5) is 42.2. The van der Waals surface area contributed by atoms with E-state index in [4.69, 9.17) is 9.47 Å². The highest BCUT2D eigenvalue weighted by atomic mass is 16.6. The molecular weight excluding hydrogens is 408 g/mol. The van der Waals surface area contributed by atoms with Gasteiger partial charge in [0.05, 0.1) is 25.2 Å². The van der Waals surface area contributed by atoms with Gasteiger partial charge in [-0.05, 0) is 28.7 Å². The molecule has 0 saturated carbocycles. The van der Waals surface area contributed by atoms with Crippen LogP contribution >= 0.6 is 0 Å². The van der Waals surface area contributed by atoms with Crippen molar-refractivity contribution in [3.05, 3.63) is 48.0 Å². The number of hydrogen-bond acceptors (Lipinski definition) is 5. The number of amides is 3. The number of cyclic esters (lactones) is 1. The first-order valence-electron chi connectivity index (χ1n) is 11.3. The van der Waals surface area contributed by atoms with E-state index in [1.54, 1.807) is 4.90 Å². The van der Waals surface area contributed by atoms with Crippen molar-refractivity contribution in [2.45, 2.75) is 32.7 Å². The number of benzene rings is 2. The molecule has 2 heterocycles. The Bertz CT molecular complexity index is 993.